The van der Waals surface area contributed by atoms with Crippen LogP contribution < -0.4 is 5.43 Å². The Balaban J connectivity index is 1.62. The molecule has 0 bridgehead atoms. The Bertz CT molecular complexity index is 1500. The first-order valence-corrected chi connectivity index (χ1v) is 13.1. The summed E-state index contributed by atoms with van der Waals surface area (Å²) < 4.78 is 38.4. The first-order valence-electron chi connectivity index (χ1n) is 12.3. The van der Waals surface area contributed by atoms with Gasteiger partial charge in [-0.2, -0.15) is 0 Å². The van der Waals surface area contributed by atoms with E-state index < -0.39 is 45.7 Å². The SMILES string of the molecule is CN(C(=O)OC(C)(C)C)C1CCCc2sc(-c3cc(F)c4c(=O)c(C(=O)O)cn(C5CC5)c4c3F)cc21. The van der Waals surface area contributed by atoms with Crippen LogP contribution in [0.2, 0.25) is 0 Å². The van der Waals surface area contributed by atoms with Gasteiger partial charge in [0.2, 0.25) is 5.43 Å². The van der Waals surface area contributed by atoms with Gasteiger partial charge in [-0.3, -0.25) is 4.79 Å². The van der Waals surface area contributed by atoms with Gasteiger partial charge in [-0.1, -0.05) is 0 Å². The van der Waals surface area contributed by atoms with Crippen LogP contribution in [0.1, 0.15) is 79.3 Å². The number of amides is 1. The van der Waals surface area contributed by atoms with E-state index in [1.54, 1.807) is 38.8 Å². The van der Waals surface area contributed by atoms with Gasteiger partial charge >= 0.3 is 12.1 Å². The number of aryl methyl sites for hydroxylation is 1. The molecule has 10 heteroatoms. The summed E-state index contributed by atoms with van der Waals surface area (Å²) in [5.41, 5.74) is -1.58. The highest BCUT2D eigenvalue weighted by Gasteiger charge is 2.34. The molecule has 1 unspecified atom stereocenters. The van der Waals surface area contributed by atoms with Gasteiger partial charge < -0.3 is 19.3 Å². The Hall–Kier alpha value is -3.27. The average Bonchev–Trinajstić information content (AvgIpc) is 3.56. The Morgan fingerprint density at radius 2 is 1.89 bits per heavy atom. The molecule has 1 N–H and O–H groups in total. The molecule has 1 fully saturated rings. The van der Waals surface area contributed by atoms with Crippen LogP contribution in [-0.2, 0) is 11.2 Å². The highest BCUT2D eigenvalue weighted by molar-refractivity contribution is 7.15. The van der Waals surface area contributed by atoms with Gasteiger partial charge in [-0.05, 0) is 70.6 Å². The molecule has 37 heavy (non-hydrogen) atoms. The molecule has 2 aliphatic carbocycles. The van der Waals surface area contributed by atoms with Gasteiger partial charge in [0.15, 0.2) is 5.82 Å². The van der Waals surface area contributed by atoms with Crippen LogP contribution in [0.4, 0.5) is 13.6 Å². The Kier molecular flexibility index (Phi) is 6.13. The van der Waals surface area contributed by atoms with Crippen molar-refractivity contribution in [2.45, 2.75) is 70.6 Å². The van der Waals surface area contributed by atoms with Crippen molar-refractivity contribution in [3.8, 4) is 10.4 Å². The molecule has 1 amide bonds. The van der Waals surface area contributed by atoms with E-state index in [0.29, 0.717) is 24.1 Å². The molecule has 0 saturated heterocycles. The quantitative estimate of drug-likeness (QED) is 0.429. The molecular formula is C27H28F2N2O5S. The largest absolute Gasteiger partial charge is 0.477 e. The number of rotatable bonds is 4. The molecule has 5 rings (SSSR count). The molecule has 196 valence electrons. The predicted molar refractivity (Wildman–Crippen MR) is 136 cm³/mol. The molecule has 1 atom stereocenters. The zero-order valence-electron chi connectivity index (χ0n) is 21.1. The first kappa shape index (κ1) is 25.4. The van der Waals surface area contributed by atoms with Crippen LogP contribution in [0, 0.1) is 11.6 Å². The van der Waals surface area contributed by atoms with Gasteiger partial charge in [0, 0.05) is 34.6 Å². The van der Waals surface area contributed by atoms with Gasteiger partial charge in [-0.15, -0.1) is 11.3 Å². The monoisotopic (exact) mass is 530 g/mol. The number of benzene rings is 1. The van der Waals surface area contributed by atoms with E-state index in [2.05, 4.69) is 0 Å². The van der Waals surface area contributed by atoms with Gasteiger partial charge in [-0.25, -0.2) is 18.4 Å². The number of thiophene rings is 1. The van der Waals surface area contributed by atoms with Crippen molar-refractivity contribution in [3.63, 3.8) is 0 Å². The third-order valence-electron chi connectivity index (χ3n) is 6.86. The number of nitrogens with zero attached hydrogens (tertiary/aromatic N) is 2. The van der Waals surface area contributed by atoms with Gasteiger partial charge in [0.05, 0.1) is 16.9 Å². The Morgan fingerprint density at radius 1 is 1.19 bits per heavy atom. The van der Waals surface area contributed by atoms with Crippen molar-refractivity contribution < 1.29 is 28.2 Å². The predicted octanol–water partition coefficient (Wildman–Crippen LogP) is 6.29. The average molecular weight is 531 g/mol. The van der Waals surface area contributed by atoms with Gasteiger partial charge in [0.25, 0.3) is 0 Å². The summed E-state index contributed by atoms with van der Waals surface area (Å²) in [6.45, 7) is 5.39. The van der Waals surface area contributed by atoms with Crippen LogP contribution in [0.3, 0.4) is 0 Å². The van der Waals surface area contributed by atoms with E-state index in [4.69, 9.17) is 4.74 Å². The first-order chi connectivity index (χ1) is 17.4. The number of ether oxygens (including phenoxy) is 1. The molecule has 2 aromatic heterocycles. The number of hydrogen-bond acceptors (Lipinski definition) is 5. The van der Waals surface area contributed by atoms with Crippen molar-refractivity contribution in [1.29, 1.82) is 0 Å². The number of carbonyl (C=O) groups excluding carboxylic acids is 1. The van der Waals surface area contributed by atoms with Crippen molar-refractivity contribution in [2.24, 2.45) is 0 Å². The number of fused-ring (bicyclic) bond motifs is 2. The third-order valence-corrected chi connectivity index (χ3v) is 8.10. The smallest absolute Gasteiger partial charge is 0.410 e. The maximum Gasteiger partial charge on any atom is 0.410 e. The minimum absolute atomic E-state index is 0.0138. The highest BCUT2D eigenvalue weighted by Crippen LogP contribution is 2.45. The molecule has 0 radical (unpaired) electrons. The molecule has 2 heterocycles. The van der Waals surface area contributed by atoms with Crippen molar-refractivity contribution in [2.75, 3.05) is 7.05 Å². The summed E-state index contributed by atoms with van der Waals surface area (Å²) in [4.78, 5) is 40.1. The van der Waals surface area contributed by atoms with Crippen molar-refractivity contribution in [3.05, 3.63) is 56.2 Å². The maximum absolute atomic E-state index is 16.1. The fraction of sp³-hybridized carbons (Fsp3) is 0.444. The van der Waals surface area contributed by atoms with E-state index in [1.165, 1.54) is 15.9 Å². The van der Waals surface area contributed by atoms with Crippen LogP contribution in [0.25, 0.3) is 21.3 Å². The van der Waals surface area contributed by atoms with E-state index in [0.717, 1.165) is 35.5 Å². The number of carbonyl (C=O) groups is 2. The Morgan fingerprint density at radius 3 is 2.51 bits per heavy atom. The second-order valence-corrected chi connectivity index (χ2v) is 11.9. The van der Waals surface area contributed by atoms with Crippen LogP contribution in [-0.4, -0.2) is 39.3 Å². The molecule has 3 aromatic rings. The summed E-state index contributed by atoms with van der Waals surface area (Å²) in [6, 6.07) is 2.32. The summed E-state index contributed by atoms with van der Waals surface area (Å²) in [5, 5.41) is 8.90. The number of halogens is 2. The lowest BCUT2D eigenvalue weighted by Gasteiger charge is -2.33. The van der Waals surface area contributed by atoms with Crippen LogP contribution in [0.5, 0.6) is 0 Å². The number of carboxylic acid groups (broad SMARTS) is 1. The van der Waals surface area contributed by atoms with E-state index >= 15 is 8.78 Å². The molecule has 7 nitrogen and oxygen atoms in total. The zero-order valence-corrected chi connectivity index (χ0v) is 21.9. The molecule has 0 spiro atoms. The number of hydrogen-bond donors (Lipinski definition) is 1. The lowest BCUT2D eigenvalue weighted by Crippen LogP contribution is -2.37. The zero-order chi connectivity index (χ0) is 26.8. The number of aromatic nitrogens is 1. The highest BCUT2D eigenvalue weighted by atomic mass is 32.1. The lowest BCUT2D eigenvalue weighted by atomic mass is 9.92. The topological polar surface area (TPSA) is 88.8 Å². The van der Waals surface area contributed by atoms with Gasteiger partial charge in [0.1, 0.15) is 17.0 Å². The van der Waals surface area contributed by atoms with Crippen molar-refractivity contribution >= 4 is 34.3 Å². The summed E-state index contributed by atoms with van der Waals surface area (Å²) in [6.07, 6.45) is 4.35. The second kappa shape index (κ2) is 8.93. The summed E-state index contributed by atoms with van der Waals surface area (Å²) in [7, 11) is 1.68. The summed E-state index contributed by atoms with van der Waals surface area (Å²) in [5.74, 6) is -3.19. The molecular weight excluding hydrogens is 502 g/mol. The normalized spacial score (nSPS) is 17.5. The molecule has 2 aliphatic rings. The second-order valence-electron chi connectivity index (χ2n) is 10.7. The number of aromatic carboxylic acids is 1. The molecule has 0 aliphatic heterocycles. The van der Waals surface area contributed by atoms with E-state index in [1.807, 2.05) is 0 Å². The van der Waals surface area contributed by atoms with Crippen molar-refractivity contribution in [1.82, 2.24) is 9.47 Å². The Labute approximate surface area is 216 Å². The fourth-order valence-electron chi connectivity index (χ4n) is 4.97. The minimum atomic E-state index is -1.48. The van der Waals surface area contributed by atoms with Crippen LogP contribution in [0.15, 0.2) is 23.1 Å². The number of carboxylic acids is 1. The fourth-order valence-corrected chi connectivity index (χ4v) is 6.24. The van der Waals surface area contributed by atoms with Crippen LogP contribution >= 0.6 is 11.3 Å². The lowest BCUT2D eigenvalue weighted by molar-refractivity contribution is 0.0205. The minimum Gasteiger partial charge on any atom is -0.477 e. The maximum atomic E-state index is 16.1. The van der Waals surface area contributed by atoms with E-state index in [-0.39, 0.29) is 23.2 Å². The van der Waals surface area contributed by atoms with E-state index in [9.17, 15) is 19.5 Å². The third kappa shape index (κ3) is 4.52. The summed E-state index contributed by atoms with van der Waals surface area (Å²) >= 11 is 1.34. The molecule has 1 saturated carbocycles. The number of pyridine rings is 1. The standard InChI is InChI=1S/C27H28F2N2O5S/c1-27(2,3)36-26(35)30(4)18-6-5-7-19-14(18)11-20(37-19)15-10-17(28)21-23(22(15)29)31(13-8-9-13)12-16(24(21)32)25(33)34/h10-13,18H,5-9H2,1-4H3,(H,33,34). The molecule has 1 aromatic carbocycles.